The zero-order valence-corrected chi connectivity index (χ0v) is 31.3. The second-order valence-corrected chi connectivity index (χ2v) is 13.0. The van der Waals surface area contributed by atoms with Gasteiger partial charge in [0.1, 0.15) is 0 Å². The molecule has 0 atom stereocenters. The van der Waals surface area contributed by atoms with Gasteiger partial charge in [-0.1, -0.05) is 71.8 Å². The van der Waals surface area contributed by atoms with Crippen LogP contribution in [0.15, 0.2) is 110 Å². The molecule has 0 saturated carbocycles. The van der Waals surface area contributed by atoms with E-state index >= 15 is 0 Å². The van der Waals surface area contributed by atoms with Crippen LogP contribution in [-0.2, 0) is 32.5 Å². The van der Waals surface area contributed by atoms with E-state index in [0.29, 0.717) is 24.5 Å². The van der Waals surface area contributed by atoms with E-state index in [-0.39, 0.29) is 42.6 Å². The number of rotatable bonds is 2. The van der Waals surface area contributed by atoms with Crippen LogP contribution in [0.5, 0.6) is 0 Å². The van der Waals surface area contributed by atoms with E-state index in [9.17, 15) is 69.1 Å². The molecule has 0 bridgehead atoms. The number of fused-ring (bicyclic) bond motifs is 3. The number of halogens is 16. The Labute approximate surface area is 329 Å². The molecule has 0 fully saturated rings. The maximum atomic E-state index is 13.3. The van der Waals surface area contributed by atoms with Gasteiger partial charge in [0.25, 0.3) is 0 Å². The molecule has 0 aliphatic heterocycles. The molecule has 3 aromatic carbocycles. The van der Waals surface area contributed by atoms with Crippen LogP contribution in [0.2, 0.25) is 0 Å². The molecule has 0 saturated heterocycles. The van der Waals surface area contributed by atoms with Crippen LogP contribution in [0.3, 0.4) is 0 Å². The maximum absolute atomic E-state index is 13.3. The van der Waals surface area contributed by atoms with Crippen LogP contribution in [0.1, 0.15) is 11.1 Å². The first-order chi connectivity index (χ1) is 26.2. The molecule has 0 radical (unpaired) electrons. The van der Waals surface area contributed by atoms with Crippen molar-refractivity contribution < 1.29 is 89.2 Å². The summed E-state index contributed by atoms with van der Waals surface area (Å²) in [5.41, 5.74) is -0.352. The second kappa shape index (κ2) is 17.3. The quantitative estimate of drug-likeness (QED) is 0.0749. The van der Waals surface area contributed by atoms with Crippen LogP contribution < -0.4 is 0 Å². The fraction of sp³-hybridized carbons (Fsp3) is 0.0556. The van der Waals surface area contributed by atoms with E-state index in [4.69, 9.17) is 0 Å². The third kappa shape index (κ3) is 14.9. The fourth-order valence-electron chi connectivity index (χ4n) is 4.38. The second-order valence-electron chi connectivity index (χ2n) is 11.1. The van der Waals surface area contributed by atoms with Crippen LogP contribution in [0.4, 0.5) is 69.1 Å². The molecule has 7 aromatic rings. The van der Waals surface area contributed by atoms with Gasteiger partial charge in [-0.2, -0.15) is 26.3 Å². The molecule has 7 rings (SSSR count). The molecular weight excluding hydrogens is 1020 g/mol. The topological polar surface area (TPSA) is 51.6 Å². The first-order valence-electron chi connectivity index (χ1n) is 15.1. The number of aromatic nitrogens is 4. The third-order valence-corrected chi connectivity index (χ3v) is 6.75. The minimum absolute atomic E-state index is 0. The van der Waals surface area contributed by atoms with Gasteiger partial charge in [0.2, 0.25) is 0 Å². The summed E-state index contributed by atoms with van der Waals surface area (Å²) < 4.78 is 185. The summed E-state index contributed by atoms with van der Waals surface area (Å²) in [5.74, 6) is -3.49. The van der Waals surface area contributed by atoms with Gasteiger partial charge < -0.3 is 9.97 Å². The number of nitrogens with zero attached hydrogens (tertiary/aromatic N) is 4. The molecule has 0 unspecified atom stereocenters. The van der Waals surface area contributed by atoms with Crippen LogP contribution in [0, 0.1) is 35.4 Å². The Bertz CT molecular complexity index is 2310. The van der Waals surface area contributed by atoms with Gasteiger partial charge in [-0.3, -0.25) is 27.5 Å². The number of hydrogen-bond acceptors (Lipinski definition) is 4. The molecule has 0 aliphatic carbocycles. The van der Waals surface area contributed by atoms with E-state index in [1.54, 1.807) is 12.4 Å². The Morgan fingerprint density at radius 1 is 0.483 bits per heavy atom. The van der Waals surface area contributed by atoms with Crippen molar-refractivity contribution in [3.05, 3.63) is 156 Å². The Hall–Kier alpha value is -5.26. The van der Waals surface area contributed by atoms with E-state index in [0.717, 1.165) is 58.2 Å². The average molecular weight is 1030 g/mol. The zero-order chi connectivity index (χ0) is 42.5. The summed E-state index contributed by atoms with van der Waals surface area (Å²) >= 11 is 0. The van der Waals surface area contributed by atoms with Crippen molar-refractivity contribution in [2.75, 3.05) is 0 Å². The smallest absolute Gasteiger partial charge is 0.304 e. The molecule has 0 spiro atoms. The first-order valence-corrected chi connectivity index (χ1v) is 17.1. The number of benzene rings is 3. The molecule has 4 aromatic heterocycles. The summed E-state index contributed by atoms with van der Waals surface area (Å²) in [6.45, 7) is 0. The van der Waals surface area contributed by atoms with Crippen LogP contribution in [-0.4, -0.2) is 19.9 Å². The summed E-state index contributed by atoms with van der Waals surface area (Å²) in [4.78, 5) is 15.7. The molecule has 0 amide bonds. The summed E-state index contributed by atoms with van der Waals surface area (Å²) in [7, 11) is -10.7. The van der Waals surface area contributed by atoms with Crippen molar-refractivity contribution >= 4 is 29.6 Å². The van der Waals surface area contributed by atoms with E-state index in [2.05, 4.69) is 56.3 Å². The van der Waals surface area contributed by atoms with E-state index in [1.165, 1.54) is 0 Å². The van der Waals surface area contributed by atoms with Crippen molar-refractivity contribution in [3.63, 3.8) is 0 Å². The molecule has 58 heavy (non-hydrogen) atoms. The minimum atomic E-state index is -10.7. The predicted molar refractivity (Wildman–Crippen MR) is 177 cm³/mol. The molecule has 0 N–H and O–H groups in total. The van der Waals surface area contributed by atoms with Crippen LogP contribution >= 0.6 is 7.81 Å². The molecule has 4 heterocycles. The van der Waals surface area contributed by atoms with Crippen molar-refractivity contribution in [2.45, 2.75) is 12.4 Å². The van der Waals surface area contributed by atoms with Gasteiger partial charge in [-0.15, -0.1) is 24.3 Å². The van der Waals surface area contributed by atoms with Gasteiger partial charge in [0.05, 0.1) is 22.2 Å². The summed E-state index contributed by atoms with van der Waals surface area (Å²) in [6, 6.07) is 23.3. The number of alkyl halides is 6. The van der Waals surface area contributed by atoms with Crippen LogP contribution in [0.25, 0.3) is 44.3 Å². The van der Waals surface area contributed by atoms with E-state index in [1.807, 2.05) is 12.1 Å². The fourth-order valence-corrected chi connectivity index (χ4v) is 4.38. The predicted octanol–water partition coefficient (Wildman–Crippen LogP) is 13.9. The SMILES string of the molecule is F[P-](F)(F)(F)(F)F.Fc1c[c-]c(-c2ccc(C(F)(F)F)cn2)c(F)c1.Fc1c[c-]c(-c2ccc(C(F)(F)F)cn2)c(F)c1.[Ir+3].c1cnc2c(c1)ccc1cccnc12. The van der Waals surface area contributed by atoms with E-state index < -0.39 is 54.6 Å². The number of pyridine rings is 4. The monoisotopic (exact) mass is 1030 g/mol. The molecule has 308 valence electrons. The van der Waals surface area contributed by atoms with Gasteiger partial charge in [0, 0.05) is 58.8 Å². The van der Waals surface area contributed by atoms with Gasteiger partial charge >= 0.3 is 65.4 Å². The summed E-state index contributed by atoms with van der Waals surface area (Å²) in [6.07, 6.45) is -4.22. The Kier molecular flexibility index (Phi) is 14.1. The third-order valence-electron chi connectivity index (χ3n) is 6.75. The Morgan fingerprint density at radius 3 is 1.10 bits per heavy atom. The van der Waals surface area contributed by atoms with Gasteiger partial charge in [-0.25, -0.2) is 0 Å². The molecular formula is C36H18F16IrN4P. The van der Waals surface area contributed by atoms with Crippen molar-refractivity contribution in [3.8, 4) is 22.5 Å². The number of hydrogen-bond donors (Lipinski definition) is 0. The Morgan fingerprint density at radius 2 is 0.828 bits per heavy atom. The zero-order valence-electron chi connectivity index (χ0n) is 28.0. The van der Waals surface area contributed by atoms with Gasteiger partial charge in [-0.05, 0) is 23.5 Å². The molecule has 22 heteroatoms. The molecule has 0 aliphatic rings. The average Bonchev–Trinajstić information content (AvgIpc) is 3.10. The van der Waals surface area contributed by atoms with Crippen molar-refractivity contribution in [2.24, 2.45) is 0 Å². The largest absolute Gasteiger partial charge is 3.00 e. The standard InChI is InChI=1S/2C12H5F5N.C12H8N2.F6P.Ir/c2*13-8-2-3-9(10(14)5-8)11-4-1-7(6-18-11)12(15,16)17;1-3-9-5-6-10-4-2-8-14-12(10)11(9)13-7-1;1-7(2,3,4,5)6;/h2*1-2,4-6H;1-8H;;/q2*-1;;-1;+3. The van der Waals surface area contributed by atoms with Crippen molar-refractivity contribution in [1.29, 1.82) is 0 Å². The summed E-state index contributed by atoms with van der Waals surface area (Å²) in [5, 5.41) is 2.28. The normalized spacial score (nSPS) is 12.6. The maximum Gasteiger partial charge on any atom is 3.00 e. The van der Waals surface area contributed by atoms with Gasteiger partial charge in [0.15, 0.2) is 0 Å². The first kappa shape index (κ1) is 47.1. The van der Waals surface area contributed by atoms with Crippen molar-refractivity contribution in [1.82, 2.24) is 19.9 Å². The molecule has 4 nitrogen and oxygen atoms in total. The Balaban J connectivity index is 0.000000215. The minimum Gasteiger partial charge on any atom is -0.304 e.